The van der Waals surface area contributed by atoms with Crippen LogP contribution in [0.5, 0.6) is 23.0 Å². The molecule has 3 N–H and O–H groups in total. The molecule has 0 saturated heterocycles. The lowest BCUT2D eigenvalue weighted by atomic mass is 10.1. The number of thiocarbonyl (C=S) groups is 1. The highest BCUT2D eigenvalue weighted by molar-refractivity contribution is 7.80. The van der Waals surface area contributed by atoms with Crippen molar-refractivity contribution in [2.75, 3.05) is 26.6 Å². The van der Waals surface area contributed by atoms with Crippen LogP contribution in [0.15, 0.2) is 46.9 Å². The van der Waals surface area contributed by atoms with Crippen LogP contribution < -0.4 is 24.8 Å². The van der Waals surface area contributed by atoms with Crippen molar-refractivity contribution in [3.63, 3.8) is 0 Å². The molecular weight excluding hydrogens is 494 g/mol. The highest BCUT2D eigenvalue weighted by atomic mass is 32.1. The van der Waals surface area contributed by atoms with Crippen molar-refractivity contribution in [2.24, 2.45) is 0 Å². The van der Waals surface area contributed by atoms with E-state index >= 15 is 0 Å². The number of methoxy groups -OCH3 is 3. The molecule has 9 nitrogen and oxygen atoms in total. The number of nitrogens with zero attached hydrogens (tertiary/aromatic N) is 1. The van der Waals surface area contributed by atoms with Gasteiger partial charge >= 0.3 is 0 Å². The van der Waals surface area contributed by atoms with Gasteiger partial charge in [-0.15, -0.1) is 0 Å². The van der Waals surface area contributed by atoms with E-state index in [1.165, 1.54) is 33.5 Å². The van der Waals surface area contributed by atoms with E-state index in [-0.39, 0.29) is 22.3 Å². The second-order valence-electron chi connectivity index (χ2n) is 8.19. The lowest BCUT2D eigenvalue weighted by Gasteiger charge is -2.15. The molecule has 10 heteroatoms. The number of aromatic hydroxyl groups is 1. The molecule has 37 heavy (non-hydrogen) atoms. The summed E-state index contributed by atoms with van der Waals surface area (Å²) in [6, 6.07) is 12.2. The Hall–Kier alpha value is -4.31. The molecule has 1 aromatic heterocycles. The van der Waals surface area contributed by atoms with Crippen LogP contribution in [0.1, 0.15) is 28.4 Å². The quantitative estimate of drug-likeness (QED) is 0.222. The maximum absolute atomic E-state index is 12.9. The summed E-state index contributed by atoms with van der Waals surface area (Å²) in [5.41, 5.74) is 4.24. The van der Waals surface area contributed by atoms with Crippen molar-refractivity contribution in [1.82, 2.24) is 10.3 Å². The normalized spacial score (nSPS) is 10.7. The zero-order valence-corrected chi connectivity index (χ0v) is 21.9. The molecule has 0 radical (unpaired) electrons. The highest BCUT2D eigenvalue weighted by Crippen LogP contribution is 2.38. The number of nitrogens with one attached hydrogen (secondary N) is 2. The minimum Gasteiger partial charge on any atom is -0.507 e. The van der Waals surface area contributed by atoms with E-state index < -0.39 is 5.91 Å². The third kappa shape index (κ3) is 5.29. The van der Waals surface area contributed by atoms with E-state index in [4.69, 9.17) is 30.8 Å². The number of oxazole rings is 1. The fraction of sp³-hybridized carbons (Fsp3) is 0.222. The fourth-order valence-corrected chi connectivity index (χ4v) is 4.08. The van der Waals surface area contributed by atoms with Gasteiger partial charge in [-0.25, -0.2) is 4.98 Å². The van der Waals surface area contributed by atoms with Crippen LogP contribution in [0.25, 0.3) is 22.6 Å². The molecule has 0 aliphatic rings. The Morgan fingerprint density at radius 1 is 1.05 bits per heavy atom. The van der Waals surface area contributed by atoms with Crippen LogP contribution in [0.4, 0.5) is 5.69 Å². The number of phenolic OH excluding ortho intramolecular Hbond substituents is 1. The summed E-state index contributed by atoms with van der Waals surface area (Å²) in [6.07, 6.45) is 0.876. The van der Waals surface area contributed by atoms with Crippen molar-refractivity contribution in [1.29, 1.82) is 0 Å². The van der Waals surface area contributed by atoms with E-state index in [9.17, 15) is 9.90 Å². The van der Waals surface area contributed by atoms with Gasteiger partial charge in [-0.2, -0.15) is 0 Å². The van der Waals surface area contributed by atoms with Gasteiger partial charge in [0.2, 0.25) is 11.6 Å². The number of phenols is 1. The number of carbonyl (C=O) groups is 1. The van der Waals surface area contributed by atoms with Crippen LogP contribution in [0.3, 0.4) is 0 Å². The van der Waals surface area contributed by atoms with Crippen LogP contribution in [-0.2, 0) is 6.42 Å². The Morgan fingerprint density at radius 3 is 2.38 bits per heavy atom. The Balaban J connectivity index is 1.57. The van der Waals surface area contributed by atoms with E-state index in [0.29, 0.717) is 45.2 Å². The van der Waals surface area contributed by atoms with Crippen molar-refractivity contribution in [3.8, 4) is 34.5 Å². The number of amides is 1. The molecule has 0 bridgehead atoms. The van der Waals surface area contributed by atoms with Gasteiger partial charge in [0.15, 0.2) is 22.2 Å². The summed E-state index contributed by atoms with van der Waals surface area (Å²) in [6.45, 7) is 3.81. The number of benzene rings is 3. The van der Waals surface area contributed by atoms with Gasteiger partial charge in [-0.1, -0.05) is 13.0 Å². The smallest absolute Gasteiger partial charge is 0.257 e. The summed E-state index contributed by atoms with van der Waals surface area (Å²) in [5.74, 6) is 0.904. The van der Waals surface area contributed by atoms with Crippen molar-refractivity contribution in [3.05, 3.63) is 59.2 Å². The molecule has 4 aromatic rings. The van der Waals surface area contributed by atoms with Crippen molar-refractivity contribution >= 4 is 40.0 Å². The van der Waals surface area contributed by atoms with E-state index in [1.54, 1.807) is 19.1 Å². The third-order valence-corrected chi connectivity index (χ3v) is 6.01. The Morgan fingerprint density at radius 2 is 1.76 bits per heavy atom. The first-order valence-electron chi connectivity index (χ1n) is 11.4. The molecule has 0 fully saturated rings. The molecule has 0 atom stereocenters. The van der Waals surface area contributed by atoms with E-state index in [1.807, 2.05) is 18.2 Å². The molecule has 1 amide bonds. The minimum absolute atomic E-state index is 0.0418. The van der Waals surface area contributed by atoms with Gasteiger partial charge in [0.1, 0.15) is 11.3 Å². The van der Waals surface area contributed by atoms with E-state index in [2.05, 4.69) is 22.5 Å². The number of anilines is 1. The number of carbonyl (C=O) groups excluding carboxylic acids is 1. The monoisotopic (exact) mass is 521 g/mol. The van der Waals surface area contributed by atoms with E-state index in [0.717, 1.165) is 12.0 Å². The average molecular weight is 522 g/mol. The van der Waals surface area contributed by atoms with Crippen LogP contribution in [0.2, 0.25) is 0 Å². The molecule has 1 heterocycles. The van der Waals surface area contributed by atoms with Gasteiger partial charge in [0.25, 0.3) is 5.91 Å². The summed E-state index contributed by atoms with van der Waals surface area (Å²) in [4.78, 5) is 17.4. The largest absolute Gasteiger partial charge is 0.507 e. The van der Waals surface area contributed by atoms with Crippen molar-refractivity contribution in [2.45, 2.75) is 20.3 Å². The lowest BCUT2D eigenvalue weighted by molar-refractivity contribution is 0.0977. The molecule has 4 rings (SSSR count). The fourth-order valence-electron chi connectivity index (χ4n) is 3.87. The molecule has 0 spiro atoms. The number of aromatic nitrogens is 1. The van der Waals surface area contributed by atoms with Crippen LogP contribution >= 0.6 is 12.2 Å². The first-order chi connectivity index (χ1) is 17.8. The molecule has 0 unspecified atom stereocenters. The zero-order valence-electron chi connectivity index (χ0n) is 21.1. The average Bonchev–Trinajstić information content (AvgIpc) is 3.32. The van der Waals surface area contributed by atoms with Crippen LogP contribution in [0, 0.1) is 6.92 Å². The molecule has 0 aliphatic carbocycles. The third-order valence-electron chi connectivity index (χ3n) is 5.80. The predicted molar refractivity (Wildman–Crippen MR) is 145 cm³/mol. The summed E-state index contributed by atoms with van der Waals surface area (Å²) in [5, 5.41) is 16.4. The number of hydrogen-bond acceptors (Lipinski definition) is 8. The molecule has 3 aromatic carbocycles. The van der Waals surface area contributed by atoms with Gasteiger partial charge in [-0.3, -0.25) is 10.1 Å². The highest BCUT2D eigenvalue weighted by Gasteiger charge is 2.19. The maximum atomic E-state index is 12.9. The topological polar surface area (TPSA) is 115 Å². The standard InChI is InChI=1S/C27H27N3O6S/c1-6-15-7-8-20-19(10-15)29-26(36-20)18-13-17(9-14(2)23(18)31)28-27(37)30-25(32)16-11-21(33-3)24(35-5)22(12-16)34-4/h7-13,31H,6H2,1-5H3,(H2,28,30,32,37). The Kier molecular flexibility index (Phi) is 7.49. The number of aryl methyl sites for hydroxylation is 2. The Bertz CT molecular complexity index is 1470. The minimum atomic E-state index is -0.474. The summed E-state index contributed by atoms with van der Waals surface area (Å²) < 4.78 is 21.8. The molecule has 0 saturated carbocycles. The first kappa shape index (κ1) is 25.8. The number of fused-ring (bicyclic) bond motifs is 1. The van der Waals surface area contributed by atoms with Crippen LogP contribution in [-0.4, -0.2) is 42.4 Å². The second kappa shape index (κ2) is 10.8. The van der Waals surface area contributed by atoms with Gasteiger partial charge in [0, 0.05) is 11.3 Å². The first-order valence-corrected chi connectivity index (χ1v) is 11.8. The second-order valence-corrected chi connectivity index (χ2v) is 8.59. The zero-order chi connectivity index (χ0) is 26.7. The molecule has 192 valence electrons. The number of hydrogen-bond donors (Lipinski definition) is 3. The maximum Gasteiger partial charge on any atom is 0.257 e. The van der Waals surface area contributed by atoms with Crippen molar-refractivity contribution < 1.29 is 28.5 Å². The number of rotatable bonds is 7. The summed E-state index contributed by atoms with van der Waals surface area (Å²) >= 11 is 5.37. The number of ether oxygens (including phenoxy) is 3. The predicted octanol–water partition coefficient (Wildman–Crippen LogP) is 5.22. The van der Waals surface area contributed by atoms with Gasteiger partial charge in [0.05, 0.1) is 26.9 Å². The molecular formula is C27H27N3O6S. The SMILES string of the molecule is CCc1ccc2oc(-c3cc(NC(=S)NC(=O)c4cc(OC)c(OC)c(OC)c4)cc(C)c3O)nc2c1. The summed E-state index contributed by atoms with van der Waals surface area (Å²) in [7, 11) is 4.42. The van der Waals surface area contributed by atoms with Gasteiger partial charge in [-0.05, 0) is 73.1 Å². The Labute approximate surface area is 219 Å². The lowest BCUT2D eigenvalue weighted by Crippen LogP contribution is -2.34. The van der Waals surface area contributed by atoms with Gasteiger partial charge < -0.3 is 29.1 Å². The molecule has 0 aliphatic heterocycles.